The van der Waals surface area contributed by atoms with E-state index in [4.69, 9.17) is 0 Å². The number of hydrogen-bond acceptors (Lipinski definition) is 3. The fourth-order valence-electron chi connectivity index (χ4n) is 2.96. The van der Waals surface area contributed by atoms with E-state index in [1.807, 2.05) is 29.2 Å². The molecule has 0 unspecified atom stereocenters. The third kappa shape index (κ3) is 4.42. The van der Waals surface area contributed by atoms with Crippen LogP contribution in [0, 0.1) is 0 Å². The molecule has 0 bridgehead atoms. The highest BCUT2D eigenvalue weighted by Gasteiger charge is 2.19. The zero-order valence-corrected chi connectivity index (χ0v) is 15.1. The molecule has 2 aromatic carbocycles. The quantitative estimate of drug-likeness (QED) is 0.882. The van der Waals surface area contributed by atoms with Crippen molar-refractivity contribution in [2.75, 3.05) is 24.7 Å². The van der Waals surface area contributed by atoms with Crippen LogP contribution in [0.3, 0.4) is 0 Å². The minimum atomic E-state index is -0.165. The molecule has 0 atom stereocenters. The first-order valence-electron chi connectivity index (χ1n) is 8.46. The van der Waals surface area contributed by atoms with E-state index >= 15 is 0 Å². The van der Waals surface area contributed by atoms with Gasteiger partial charge in [0.15, 0.2) is 0 Å². The van der Waals surface area contributed by atoms with E-state index in [0.29, 0.717) is 16.8 Å². The average molecular weight is 354 g/mol. The summed E-state index contributed by atoms with van der Waals surface area (Å²) >= 11 is 1.75. The Morgan fingerprint density at radius 2 is 1.76 bits per heavy atom. The van der Waals surface area contributed by atoms with Crippen molar-refractivity contribution in [1.82, 2.24) is 4.90 Å². The van der Waals surface area contributed by atoms with Gasteiger partial charge in [-0.3, -0.25) is 9.59 Å². The van der Waals surface area contributed by atoms with E-state index in [-0.39, 0.29) is 11.8 Å². The largest absolute Gasteiger partial charge is 0.339 e. The smallest absolute Gasteiger partial charge is 0.255 e. The maximum Gasteiger partial charge on any atom is 0.255 e. The highest BCUT2D eigenvalue weighted by atomic mass is 32.2. The lowest BCUT2D eigenvalue weighted by molar-refractivity contribution is 0.0792. The summed E-state index contributed by atoms with van der Waals surface area (Å²) in [5.41, 5.74) is 3.07. The topological polar surface area (TPSA) is 49.4 Å². The Balaban J connectivity index is 1.68. The minimum Gasteiger partial charge on any atom is -0.339 e. The molecule has 0 saturated carbocycles. The molecule has 130 valence electrons. The van der Waals surface area contributed by atoms with E-state index in [1.165, 1.54) is 5.56 Å². The van der Waals surface area contributed by atoms with Crippen molar-refractivity contribution >= 4 is 29.3 Å². The van der Waals surface area contributed by atoms with Gasteiger partial charge >= 0.3 is 0 Å². The first-order valence-corrected chi connectivity index (χ1v) is 9.85. The number of carbonyl (C=O) groups excluding carboxylic acids is 2. The summed E-state index contributed by atoms with van der Waals surface area (Å²) in [5.74, 6) is 0.805. The fourth-order valence-corrected chi connectivity index (χ4v) is 3.48. The number of carbonyl (C=O) groups is 2. The van der Waals surface area contributed by atoms with Gasteiger partial charge in [-0.15, -0.1) is 0 Å². The summed E-state index contributed by atoms with van der Waals surface area (Å²) in [6, 6.07) is 14.8. The number of nitrogens with one attached hydrogen (secondary N) is 1. The zero-order chi connectivity index (χ0) is 17.6. The number of hydrogen-bond donors (Lipinski definition) is 1. The van der Waals surface area contributed by atoms with Gasteiger partial charge in [-0.2, -0.15) is 11.8 Å². The van der Waals surface area contributed by atoms with Gasteiger partial charge < -0.3 is 10.2 Å². The molecule has 2 aromatic rings. The maximum absolute atomic E-state index is 12.5. The van der Waals surface area contributed by atoms with Gasteiger partial charge in [-0.05, 0) is 55.0 Å². The molecule has 0 aliphatic carbocycles. The van der Waals surface area contributed by atoms with Gasteiger partial charge in [0.25, 0.3) is 11.8 Å². The molecule has 3 rings (SSSR count). The Hall–Kier alpha value is -2.27. The Bertz CT molecular complexity index is 753. The van der Waals surface area contributed by atoms with Crippen molar-refractivity contribution < 1.29 is 9.59 Å². The molecule has 1 saturated heterocycles. The van der Waals surface area contributed by atoms with Crippen LogP contribution in [-0.2, 0) is 5.75 Å². The monoisotopic (exact) mass is 354 g/mol. The van der Waals surface area contributed by atoms with E-state index < -0.39 is 0 Å². The Morgan fingerprint density at radius 3 is 2.44 bits per heavy atom. The molecule has 5 heteroatoms. The molecular weight excluding hydrogens is 332 g/mol. The average Bonchev–Trinajstić information content (AvgIpc) is 3.17. The van der Waals surface area contributed by atoms with Crippen molar-refractivity contribution in [2.24, 2.45) is 0 Å². The van der Waals surface area contributed by atoms with E-state index in [9.17, 15) is 9.59 Å². The van der Waals surface area contributed by atoms with Crippen molar-refractivity contribution in [3.8, 4) is 0 Å². The molecule has 2 amide bonds. The maximum atomic E-state index is 12.5. The van der Waals surface area contributed by atoms with Crippen molar-refractivity contribution in [1.29, 1.82) is 0 Å². The molecule has 1 aliphatic heterocycles. The molecule has 0 spiro atoms. The summed E-state index contributed by atoms with van der Waals surface area (Å²) < 4.78 is 0. The van der Waals surface area contributed by atoms with Crippen molar-refractivity contribution in [2.45, 2.75) is 18.6 Å². The van der Waals surface area contributed by atoms with Gasteiger partial charge in [-0.25, -0.2) is 0 Å². The molecule has 0 aromatic heterocycles. The number of thioether (sulfide) groups is 1. The highest BCUT2D eigenvalue weighted by molar-refractivity contribution is 7.97. The zero-order valence-electron chi connectivity index (χ0n) is 14.3. The second-order valence-corrected chi connectivity index (χ2v) is 7.03. The normalized spacial score (nSPS) is 13.7. The number of anilines is 1. The molecule has 1 fully saturated rings. The van der Waals surface area contributed by atoms with Gasteiger partial charge in [0, 0.05) is 35.7 Å². The third-order valence-corrected chi connectivity index (χ3v) is 4.91. The summed E-state index contributed by atoms with van der Waals surface area (Å²) in [6.07, 6.45) is 4.18. The van der Waals surface area contributed by atoms with Crippen molar-refractivity contribution in [3.05, 3.63) is 65.2 Å². The third-order valence-electron chi connectivity index (χ3n) is 4.29. The number of nitrogens with zero attached hydrogens (tertiary/aromatic N) is 1. The molecular formula is C20H22N2O2S. The molecule has 0 radical (unpaired) electrons. The van der Waals surface area contributed by atoms with E-state index in [0.717, 1.165) is 31.7 Å². The molecule has 25 heavy (non-hydrogen) atoms. The predicted octanol–water partition coefficient (Wildman–Crippen LogP) is 4.04. The van der Waals surface area contributed by atoms with Crippen LogP contribution in [0.4, 0.5) is 5.69 Å². The fraction of sp³-hybridized carbons (Fsp3) is 0.300. The first kappa shape index (κ1) is 17.5. The second kappa shape index (κ2) is 8.21. The molecule has 1 aliphatic rings. The molecule has 4 nitrogen and oxygen atoms in total. The van der Waals surface area contributed by atoms with Gasteiger partial charge in [-0.1, -0.05) is 18.2 Å². The number of amides is 2. The van der Waals surface area contributed by atoms with Crippen LogP contribution < -0.4 is 5.32 Å². The lowest BCUT2D eigenvalue weighted by atomic mass is 10.1. The van der Waals surface area contributed by atoms with E-state index in [1.54, 1.807) is 36.0 Å². The van der Waals surface area contributed by atoms with Crippen LogP contribution in [0.2, 0.25) is 0 Å². The summed E-state index contributed by atoms with van der Waals surface area (Å²) in [5, 5.41) is 2.88. The predicted molar refractivity (Wildman–Crippen MR) is 103 cm³/mol. The lowest BCUT2D eigenvalue weighted by Crippen LogP contribution is -2.27. The number of likely N-dealkylation sites (tertiary alicyclic amines) is 1. The molecule has 1 N–H and O–H groups in total. The second-order valence-electron chi connectivity index (χ2n) is 6.16. The van der Waals surface area contributed by atoms with Crippen LogP contribution in [0.25, 0.3) is 0 Å². The van der Waals surface area contributed by atoms with Gasteiger partial charge in [0.2, 0.25) is 0 Å². The Morgan fingerprint density at radius 1 is 1.04 bits per heavy atom. The first-order chi connectivity index (χ1) is 12.2. The van der Waals surface area contributed by atoms with Crippen LogP contribution in [0.15, 0.2) is 48.5 Å². The summed E-state index contributed by atoms with van der Waals surface area (Å²) in [7, 11) is 0. The van der Waals surface area contributed by atoms with E-state index in [2.05, 4.69) is 11.6 Å². The summed E-state index contributed by atoms with van der Waals surface area (Å²) in [4.78, 5) is 26.7. The minimum absolute atomic E-state index is 0.0371. The summed E-state index contributed by atoms with van der Waals surface area (Å²) in [6.45, 7) is 1.63. The van der Waals surface area contributed by atoms with Crippen LogP contribution in [-0.4, -0.2) is 36.1 Å². The molecule has 1 heterocycles. The Kier molecular flexibility index (Phi) is 5.76. The number of benzene rings is 2. The SMILES string of the molecule is CSCc1ccc(C(=O)Nc2cccc(C(=O)N3CCCC3)c2)cc1. The number of rotatable bonds is 5. The van der Waals surface area contributed by atoms with Crippen LogP contribution in [0.1, 0.15) is 39.1 Å². The van der Waals surface area contributed by atoms with Crippen LogP contribution in [0.5, 0.6) is 0 Å². The Labute approximate surface area is 152 Å². The standard InChI is InChI=1S/C20H22N2O2S/c1-25-14-15-7-9-16(10-8-15)19(23)21-18-6-4-5-17(13-18)20(24)22-11-2-3-12-22/h4-10,13H,2-3,11-12,14H2,1H3,(H,21,23). The van der Waals surface area contributed by atoms with Crippen LogP contribution >= 0.6 is 11.8 Å². The van der Waals surface area contributed by atoms with Gasteiger partial charge in [0.1, 0.15) is 0 Å². The van der Waals surface area contributed by atoms with Gasteiger partial charge in [0.05, 0.1) is 0 Å². The highest BCUT2D eigenvalue weighted by Crippen LogP contribution is 2.17. The lowest BCUT2D eigenvalue weighted by Gasteiger charge is -2.15. The van der Waals surface area contributed by atoms with Crippen molar-refractivity contribution in [3.63, 3.8) is 0 Å².